The van der Waals surface area contributed by atoms with E-state index in [1.165, 1.54) is 0 Å². The van der Waals surface area contributed by atoms with Crippen molar-refractivity contribution in [2.75, 3.05) is 0 Å². The molecule has 0 unspecified atom stereocenters. The quantitative estimate of drug-likeness (QED) is 0.882. The van der Waals surface area contributed by atoms with Crippen molar-refractivity contribution in [2.24, 2.45) is 0 Å². The lowest BCUT2D eigenvalue weighted by Crippen LogP contribution is -2.02. The minimum atomic E-state index is -0.902. The second-order valence-electron chi connectivity index (χ2n) is 3.92. The number of hydrogen-bond donors (Lipinski definition) is 1. The summed E-state index contributed by atoms with van der Waals surface area (Å²) in [5, 5.41) is 9.23. The third-order valence-electron chi connectivity index (χ3n) is 2.82. The van der Waals surface area contributed by atoms with Crippen LogP contribution in [0.25, 0.3) is 5.57 Å². The Morgan fingerprint density at radius 1 is 0.944 bits per heavy atom. The van der Waals surface area contributed by atoms with E-state index >= 15 is 0 Å². The molecule has 2 aromatic rings. The Balaban J connectivity index is 2.57. The molecule has 0 fully saturated rings. The van der Waals surface area contributed by atoms with Gasteiger partial charge in [-0.15, -0.1) is 0 Å². The van der Waals surface area contributed by atoms with E-state index in [4.69, 9.17) is 0 Å². The molecular weight excluding hydrogens is 224 g/mol. The zero-order valence-electron chi connectivity index (χ0n) is 10.1. The zero-order chi connectivity index (χ0) is 13.0. The van der Waals surface area contributed by atoms with Gasteiger partial charge < -0.3 is 5.11 Å². The van der Waals surface area contributed by atoms with Crippen LogP contribution in [0.15, 0.2) is 60.7 Å². The van der Waals surface area contributed by atoms with E-state index in [2.05, 4.69) is 0 Å². The molecule has 0 aliphatic heterocycles. The van der Waals surface area contributed by atoms with E-state index in [9.17, 15) is 9.90 Å². The molecule has 1 N–H and O–H groups in total. The average Bonchev–Trinajstić information content (AvgIpc) is 2.41. The van der Waals surface area contributed by atoms with Crippen molar-refractivity contribution in [2.45, 2.75) is 6.92 Å². The molecule has 0 bridgehead atoms. The molecule has 2 heteroatoms. The van der Waals surface area contributed by atoms with Gasteiger partial charge in [-0.2, -0.15) is 0 Å². The summed E-state index contributed by atoms with van der Waals surface area (Å²) in [6, 6.07) is 16.9. The molecule has 0 aliphatic carbocycles. The third-order valence-corrected chi connectivity index (χ3v) is 2.82. The van der Waals surface area contributed by atoms with Crippen LogP contribution in [0.1, 0.15) is 28.4 Å². The van der Waals surface area contributed by atoms with E-state index in [0.29, 0.717) is 5.56 Å². The smallest absolute Gasteiger partial charge is 0.336 e. The molecule has 90 valence electrons. The van der Waals surface area contributed by atoms with Gasteiger partial charge in [0.1, 0.15) is 0 Å². The zero-order valence-corrected chi connectivity index (χ0v) is 10.1. The maximum atomic E-state index is 11.2. The maximum Gasteiger partial charge on any atom is 0.336 e. The number of aromatic carboxylic acids is 1. The van der Waals surface area contributed by atoms with Gasteiger partial charge in [0.2, 0.25) is 0 Å². The molecule has 0 saturated heterocycles. The molecular formula is C16H14O2. The first kappa shape index (κ1) is 12.1. The highest BCUT2D eigenvalue weighted by molar-refractivity contribution is 5.96. The SMILES string of the molecule is CC=C(c1ccccc1)c1ccccc1C(=O)O. The Kier molecular flexibility index (Phi) is 3.58. The fraction of sp³-hybridized carbons (Fsp3) is 0.0625. The highest BCUT2D eigenvalue weighted by Crippen LogP contribution is 2.26. The Labute approximate surface area is 106 Å². The topological polar surface area (TPSA) is 37.3 Å². The van der Waals surface area contributed by atoms with Crippen LogP contribution in [0, 0.1) is 0 Å². The van der Waals surface area contributed by atoms with Crippen molar-refractivity contribution in [1.29, 1.82) is 0 Å². The lowest BCUT2D eigenvalue weighted by Gasteiger charge is -2.10. The van der Waals surface area contributed by atoms with Crippen LogP contribution in [0.5, 0.6) is 0 Å². The first-order chi connectivity index (χ1) is 8.74. The van der Waals surface area contributed by atoms with Crippen molar-refractivity contribution in [1.82, 2.24) is 0 Å². The molecule has 0 atom stereocenters. The van der Waals surface area contributed by atoms with E-state index in [0.717, 1.165) is 16.7 Å². The third kappa shape index (κ3) is 2.33. The fourth-order valence-corrected chi connectivity index (χ4v) is 2.00. The van der Waals surface area contributed by atoms with Crippen LogP contribution in [0.4, 0.5) is 0 Å². The molecule has 18 heavy (non-hydrogen) atoms. The second kappa shape index (κ2) is 5.32. The normalized spacial score (nSPS) is 11.3. The van der Waals surface area contributed by atoms with E-state index < -0.39 is 5.97 Å². The lowest BCUT2D eigenvalue weighted by atomic mass is 9.94. The highest BCUT2D eigenvalue weighted by atomic mass is 16.4. The van der Waals surface area contributed by atoms with Gasteiger partial charge in [-0.1, -0.05) is 54.6 Å². The molecule has 0 amide bonds. The molecule has 0 aliphatic rings. The van der Waals surface area contributed by atoms with Crippen molar-refractivity contribution in [3.63, 3.8) is 0 Å². The number of carboxylic acid groups (broad SMARTS) is 1. The van der Waals surface area contributed by atoms with Crippen molar-refractivity contribution in [3.8, 4) is 0 Å². The summed E-state index contributed by atoms with van der Waals surface area (Å²) in [5.41, 5.74) is 3.04. The first-order valence-electron chi connectivity index (χ1n) is 5.78. The number of hydrogen-bond acceptors (Lipinski definition) is 1. The van der Waals surface area contributed by atoms with Gasteiger partial charge in [0.05, 0.1) is 5.56 Å². The fourth-order valence-electron chi connectivity index (χ4n) is 2.00. The number of carbonyl (C=O) groups is 1. The van der Waals surface area contributed by atoms with Crippen LogP contribution < -0.4 is 0 Å². The van der Waals surface area contributed by atoms with Crippen molar-refractivity contribution < 1.29 is 9.90 Å². The first-order valence-corrected chi connectivity index (χ1v) is 5.78. The number of carboxylic acids is 1. The van der Waals surface area contributed by atoms with Crippen LogP contribution in [-0.2, 0) is 0 Å². The molecule has 2 nitrogen and oxygen atoms in total. The molecule has 0 spiro atoms. The van der Waals surface area contributed by atoms with Gasteiger partial charge in [-0.3, -0.25) is 0 Å². The molecule has 0 aromatic heterocycles. The lowest BCUT2D eigenvalue weighted by molar-refractivity contribution is 0.0696. The summed E-state index contributed by atoms with van der Waals surface area (Å²) in [6.45, 7) is 1.92. The number of benzene rings is 2. The van der Waals surface area contributed by atoms with Gasteiger partial charge >= 0.3 is 5.97 Å². The molecule has 2 aromatic carbocycles. The molecule has 0 saturated carbocycles. The number of rotatable bonds is 3. The summed E-state index contributed by atoms with van der Waals surface area (Å²) in [5.74, 6) is -0.902. The minimum absolute atomic E-state index is 0.328. The predicted molar refractivity (Wildman–Crippen MR) is 72.6 cm³/mol. The summed E-state index contributed by atoms with van der Waals surface area (Å²) in [7, 11) is 0. The molecule has 0 heterocycles. The van der Waals surface area contributed by atoms with Crippen LogP contribution in [-0.4, -0.2) is 11.1 Å². The largest absolute Gasteiger partial charge is 0.478 e. The standard InChI is InChI=1S/C16H14O2/c1-2-13(12-8-4-3-5-9-12)14-10-6-7-11-15(14)16(17)18/h2-11H,1H3,(H,17,18). The summed E-state index contributed by atoms with van der Waals surface area (Å²) in [4.78, 5) is 11.2. The van der Waals surface area contributed by atoms with Gasteiger partial charge in [-0.25, -0.2) is 4.79 Å². The van der Waals surface area contributed by atoms with Gasteiger partial charge in [0, 0.05) is 0 Å². The monoisotopic (exact) mass is 238 g/mol. The maximum absolute atomic E-state index is 11.2. The Morgan fingerprint density at radius 2 is 1.50 bits per heavy atom. The van der Waals surface area contributed by atoms with E-state index in [-0.39, 0.29) is 0 Å². The van der Waals surface area contributed by atoms with Gasteiger partial charge in [0.15, 0.2) is 0 Å². The molecule has 2 rings (SSSR count). The Morgan fingerprint density at radius 3 is 2.06 bits per heavy atom. The van der Waals surface area contributed by atoms with E-state index in [1.54, 1.807) is 12.1 Å². The summed E-state index contributed by atoms with van der Waals surface area (Å²) >= 11 is 0. The summed E-state index contributed by atoms with van der Waals surface area (Å²) in [6.07, 6.45) is 1.94. The summed E-state index contributed by atoms with van der Waals surface area (Å²) < 4.78 is 0. The van der Waals surface area contributed by atoms with E-state index in [1.807, 2.05) is 55.5 Å². The molecule has 0 radical (unpaired) electrons. The Hall–Kier alpha value is -2.35. The minimum Gasteiger partial charge on any atom is -0.478 e. The van der Waals surface area contributed by atoms with Crippen molar-refractivity contribution in [3.05, 3.63) is 77.4 Å². The van der Waals surface area contributed by atoms with Crippen LogP contribution in [0.3, 0.4) is 0 Å². The van der Waals surface area contributed by atoms with Gasteiger partial charge in [0.25, 0.3) is 0 Å². The average molecular weight is 238 g/mol. The number of allylic oxidation sites excluding steroid dienone is 1. The Bertz CT molecular complexity index is 583. The highest BCUT2D eigenvalue weighted by Gasteiger charge is 2.13. The van der Waals surface area contributed by atoms with Crippen LogP contribution in [0.2, 0.25) is 0 Å². The predicted octanol–water partition coefficient (Wildman–Crippen LogP) is 3.84. The van der Waals surface area contributed by atoms with Crippen LogP contribution >= 0.6 is 0 Å². The second-order valence-corrected chi connectivity index (χ2v) is 3.92. The van der Waals surface area contributed by atoms with Gasteiger partial charge in [-0.05, 0) is 29.7 Å². The van der Waals surface area contributed by atoms with Crippen molar-refractivity contribution >= 4 is 11.5 Å².